The number of carbonyl (C=O) groups is 1. The second-order valence-corrected chi connectivity index (χ2v) is 6.65. The molecule has 1 N–H and O–H groups in total. The van der Waals surface area contributed by atoms with Crippen molar-refractivity contribution in [3.05, 3.63) is 65.1 Å². The van der Waals surface area contributed by atoms with Crippen LogP contribution in [0.1, 0.15) is 34.8 Å². The maximum absolute atomic E-state index is 12.6. The van der Waals surface area contributed by atoms with Crippen molar-refractivity contribution in [2.75, 3.05) is 13.1 Å². The third-order valence-corrected chi connectivity index (χ3v) is 5.02. The number of hydrogen-bond donors (Lipinski definition) is 1. The van der Waals surface area contributed by atoms with E-state index in [9.17, 15) is 4.79 Å². The van der Waals surface area contributed by atoms with Crippen LogP contribution in [0.2, 0.25) is 5.02 Å². The summed E-state index contributed by atoms with van der Waals surface area (Å²) in [5, 5.41) is 1.83. The molecule has 4 rings (SSSR count). The standard InChI is InChI=1S/C19H18ClN3O/c20-14-5-8-21-18(11-14)19(24)23-9-6-13(7-10-23)16-12-22-17-4-2-1-3-15(16)17/h1-5,8,11-13,22H,6-7,9-10H2. The minimum Gasteiger partial charge on any atom is -0.361 e. The van der Waals surface area contributed by atoms with Crippen LogP contribution in [0.5, 0.6) is 0 Å². The lowest BCUT2D eigenvalue weighted by Gasteiger charge is -2.31. The van der Waals surface area contributed by atoms with Crippen LogP contribution in [0, 0.1) is 0 Å². The first-order chi connectivity index (χ1) is 11.7. The SMILES string of the molecule is O=C(c1cc(Cl)ccn1)N1CCC(c2c[nH]c3ccccc23)CC1. The normalized spacial score (nSPS) is 15.8. The van der Waals surface area contributed by atoms with Crippen molar-refractivity contribution in [2.24, 2.45) is 0 Å². The van der Waals surface area contributed by atoms with E-state index in [0.717, 1.165) is 25.9 Å². The van der Waals surface area contributed by atoms with Crippen molar-refractivity contribution in [1.82, 2.24) is 14.9 Å². The highest BCUT2D eigenvalue weighted by molar-refractivity contribution is 6.30. The van der Waals surface area contributed by atoms with Gasteiger partial charge in [-0.25, -0.2) is 0 Å². The van der Waals surface area contributed by atoms with Crippen LogP contribution >= 0.6 is 11.6 Å². The van der Waals surface area contributed by atoms with Crippen LogP contribution in [0.4, 0.5) is 0 Å². The minimum absolute atomic E-state index is 0.0325. The molecular weight excluding hydrogens is 322 g/mol. The molecule has 3 aromatic rings. The molecule has 0 unspecified atom stereocenters. The van der Waals surface area contributed by atoms with E-state index in [0.29, 0.717) is 16.6 Å². The summed E-state index contributed by atoms with van der Waals surface area (Å²) in [6.07, 6.45) is 5.63. The maximum Gasteiger partial charge on any atom is 0.272 e. The fraction of sp³-hybridized carbons (Fsp3) is 0.263. The second kappa shape index (κ2) is 6.29. The van der Waals surface area contributed by atoms with Gasteiger partial charge in [-0.3, -0.25) is 9.78 Å². The van der Waals surface area contributed by atoms with Crippen molar-refractivity contribution >= 4 is 28.4 Å². The van der Waals surface area contributed by atoms with E-state index in [1.165, 1.54) is 16.5 Å². The van der Waals surface area contributed by atoms with Gasteiger partial charge >= 0.3 is 0 Å². The number of pyridine rings is 1. The molecule has 1 aliphatic heterocycles. The minimum atomic E-state index is -0.0325. The highest BCUT2D eigenvalue weighted by Crippen LogP contribution is 2.33. The summed E-state index contributed by atoms with van der Waals surface area (Å²) in [6.45, 7) is 1.49. The van der Waals surface area contributed by atoms with Gasteiger partial charge in [-0.15, -0.1) is 0 Å². The van der Waals surface area contributed by atoms with E-state index in [2.05, 4.69) is 34.4 Å². The Labute approximate surface area is 145 Å². The van der Waals surface area contributed by atoms with Gasteiger partial charge in [0.2, 0.25) is 0 Å². The third kappa shape index (κ3) is 2.78. The number of aromatic nitrogens is 2. The van der Waals surface area contributed by atoms with Crippen LogP contribution in [-0.4, -0.2) is 33.9 Å². The first-order valence-electron chi connectivity index (χ1n) is 8.19. The van der Waals surface area contributed by atoms with Gasteiger partial charge in [0.1, 0.15) is 5.69 Å². The first kappa shape index (κ1) is 15.2. The zero-order valence-corrected chi connectivity index (χ0v) is 14.0. The molecule has 1 fully saturated rings. The molecule has 5 heteroatoms. The highest BCUT2D eigenvalue weighted by atomic mass is 35.5. The smallest absolute Gasteiger partial charge is 0.272 e. The summed E-state index contributed by atoms with van der Waals surface area (Å²) in [5.74, 6) is 0.451. The van der Waals surface area contributed by atoms with Crippen molar-refractivity contribution in [1.29, 1.82) is 0 Å². The number of benzene rings is 1. The van der Waals surface area contributed by atoms with Gasteiger partial charge in [0.15, 0.2) is 0 Å². The van der Waals surface area contributed by atoms with Crippen LogP contribution < -0.4 is 0 Å². The largest absolute Gasteiger partial charge is 0.361 e. The molecule has 1 aliphatic rings. The molecule has 0 bridgehead atoms. The number of nitrogens with one attached hydrogen (secondary N) is 1. The molecule has 1 saturated heterocycles. The maximum atomic E-state index is 12.6. The summed E-state index contributed by atoms with van der Waals surface area (Å²) in [6, 6.07) is 11.7. The molecule has 3 heterocycles. The van der Waals surface area contributed by atoms with Gasteiger partial charge in [-0.2, -0.15) is 0 Å². The Morgan fingerprint density at radius 3 is 2.79 bits per heavy atom. The van der Waals surface area contributed by atoms with E-state index in [-0.39, 0.29) is 5.91 Å². The lowest BCUT2D eigenvalue weighted by molar-refractivity contribution is 0.0707. The number of para-hydroxylation sites is 1. The number of amides is 1. The molecule has 24 heavy (non-hydrogen) atoms. The molecule has 122 valence electrons. The van der Waals surface area contributed by atoms with Gasteiger partial charge in [0, 0.05) is 41.4 Å². The van der Waals surface area contributed by atoms with E-state index in [1.807, 2.05) is 11.0 Å². The molecule has 0 atom stereocenters. The van der Waals surface area contributed by atoms with Gasteiger partial charge in [-0.1, -0.05) is 29.8 Å². The number of likely N-dealkylation sites (tertiary alicyclic amines) is 1. The van der Waals surface area contributed by atoms with Gasteiger partial charge in [0.25, 0.3) is 5.91 Å². The quantitative estimate of drug-likeness (QED) is 0.759. The number of piperidine rings is 1. The van der Waals surface area contributed by atoms with E-state index < -0.39 is 0 Å². The lowest BCUT2D eigenvalue weighted by Crippen LogP contribution is -2.38. The van der Waals surface area contributed by atoms with Gasteiger partial charge in [0.05, 0.1) is 0 Å². The Morgan fingerprint density at radius 1 is 1.21 bits per heavy atom. The number of halogens is 1. The summed E-state index contributed by atoms with van der Waals surface area (Å²) in [7, 11) is 0. The number of carbonyl (C=O) groups excluding carboxylic acids is 1. The van der Waals surface area contributed by atoms with Crippen molar-refractivity contribution in [2.45, 2.75) is 18.8 Å². The Kier molecular flexibility index (Phi) is 3.98. The predicted molar refractivity (Wildman–Crippen MR) is 95.4 cm³/mol. The molecule has 1 aromatic carbocycles. The summed E-state index contributed by atoms with van der Waals surface area (Å²) in [5.41, 5.74) is 2.96. The molecule has 4 nitrogen and oxygen atoms in total. The zero-order chi connectivity index (χ0) is 16.5. The van der Waals surface area contributed by atoms with Crippen LogP contribution in [-0.2, 0) is 0 Å². The summed E-state index contributed by atoms with van der Waals surface area (Å²) < 4.78 is 0. The molecule has 0 spiro atoms. The van der Waals surface area contributed by atoms with Gasteiger partial charge in [-0.05, 0) is 42.5 Å². The Morgan fingerprint density at radius 2 is 2.00 bits per heavy atom. The average molecular weight is 340 g/mol. The lowest BCUT2D eigenvalue weighted by atomic mass is 9.89. The van der Waals surface area contributed by atoms with E-state index >= 15 is 0 Å². The van der Waals surface area contributed by atoms with E-state index in [4.69, 9.17) is 11.6 Å². The van der Waals surface area contributed by atoms with E-state index in [1.54, 1.807) is 18.3 Å². The number of aromatic amines is 1. The fourth-order valence-electron chi connectivity index (χ4n) is 3.51. The summed E-state index contributed by atoms with van der Waals surface area (Å²) >= 11 is 5.96. The molecular formula is C19H18ClN3O. The fourth-order valence-corrected chi connectivity index (χ4v) is 3.67. The van der Waals surface area contributed by atoms with Crippen molar-refractivity contribution < 1.29 is 4.79 Å². The number of nitrogens with zero attached hydrogens (tertiary/aromatic N) is 2. The second-order valence-electron chi connectivity index (χ2n) is 6.22. The Balaban J connectivity index is 1.48. The molecule has 0 radical (unpaired) electrons. The monoisotopic (exact) mass is 339 g/mol. The Hall–Kier alpha value is -2.33. The van der Waals surface area contributed by atoms with Crippen molar-refractivity contribution in [3.8, 4) is 0 Å². The van der Waals surface area contributed by atoms with Crippen LogP contribution in [0.25, 0.3) is 10.9 Å². The van der Waals surface area contributed by atoms with Crippen molar-refractivity contribution in [3.63, 3.8) is 0 Å². The topological polar surface area (TPSA) is 49.0 Å². The van der Waals surface area contributed by atoms with Crippen LogP contribution in [0.3, 0.4) is 0 Å². The predicted octanol–water partition coefficient (Wildman–Crippen LogP) is 4.24. The molecule has 0 aliphatic carbocycles. The number of rotatable bonds is 2. The Bertz CT molecular complexity index is 881. The molecule has 2 aromatic heterocycles. The molecule has 0 saturated carbocycles. The number of hydrogen-bond acceptors (Lipinski definition) is 2. The first-order valence-corrected chi connectivity index (χ1v) is 8.57. The van der Waals surface area contributed by atoms with Crippen LogP contribution in [0.15, 0.2) is 48.8 Å². The average Bonchev–Trinajstić information content (AvgIpc) is 3.05. The van der Waals surface area contributed by atoms with Gasteiger partial charge < -0.3 is 9.88 Å². The number of fused-ring (bicyclic) bond motifs is 1. The zero-order valence-electron chi connectivity index (χ0n) is 13.2. The third-order valence-electron chi connectivity index (χ3n) is 4.78. The highest BCUT2D eigenvalue weighted by Gasteiger charge is 2.26. The molecule has 1 amide bonds. The summed E-state index contributed by atoms with van der Waals surface area (Å²) in [4.78, 5) is 21.9. The number of H-pyrrole nitrogens is 1.